The highest BCUT2D eigenvalue weighted by molar-refractivity contribution is 6.30. The zero-order valence-electron chi connectivity index (χ0n) is 13.2. The quantitative estimate of drug-likeness (QED) is 0.544. The first-order valence-electron chi connectivity index (χ1n) is 7.43. The first kappa shape index (κ1) is 16.1. The van der Waals surface area contributed by atoms with Crippen LogP contribution < -0.4 is 10.2 Å². The van der Waals surface area contributed by atoms with E-state index in [2.05, 4.69) is 15.6 Å². The summed E-state index contributed by atoms with van der Waals surface area (Å²) < 4.78 is 7.19. The Hall–Kier alpha value is -2.79. The lowest BCUT2D eigenvalue weighted by molar-refractivity contribution is 0.407. The number of hydrogen-bond donors (Lipinski definition) is 1. The number of methoxy groups -OCH3 is 1. The van der Waals surface area contributed by atoms with Gasteiger partial charge in [0.15, 0.2) is 0 Å². The van der Waals surface area contributed by atoms with Crippen LogP contribution in [0.25, 0.3) is 0 Å². The topological polar surface area (TPSA) is 51.4 Å². The molecule has 0 aliphatic heterocycles. The number of nitrogens with zero attached hydrogens (tertiary/aromatic N) is 3. The lowest BCUT2D eigenvalue weighted by Crippen LogP contribution is -2.03. The molecule has 0 aliphatic rings. The van der Waals surface area contributed by atoms with Gasteiger partial charge in [0, 0.05) is 11.8 Å². The Bertz CT molecular complexity index is 830. The molecule has 0 radical (unpaired) electrons. The Balaban J connectivity index is 1.75. The van der Waals surface area contributed by atoms with Gasteiger partial charge in [0.2, 0.25) is 0 Å². The maximum absolute atomic E-state index is 5.91. The Labute approximate surface area is 145 Å². The van der Waals surface area contributed by atoms with Crippen molar-refractivity contribution in [2.24, 2.45) is 5.10 Å². The van der Waals surface area contributed by atoms with Gasteiger partial charge in [-0.25, -0.2) is 0 Å². The van der Waals surface area contributed by atoms with Gasteiger partial charge in [0.25, 0.3) is 0 Å². The maximum atomic E-state index is 5.91. The number of hydrogen-bond acceptors (Lipinski definition) is 4. The minimum atomic E-state index is 0.573. The number of ether oxygens (including phenoxy) is 1. The fourth-order valence-corrected chi connectivity index (χ4v) is 2.45. The summed E-state index contributed by atoms with van der Waals surface area (Å²) in [6, 6.07) is 15.7. The number of halogens is 1. The lowest BCUT2D eigenvalue weighted by atomic mass is 10.1. The third-order valence-electron chi connectivity index (χ3n) is 3.42. The van der Waals surface area contributed by atoms with Crippen molar-refractivity contribution in [3.05, 3.63) is 77.1 Å². The monoisotopic (exact) mass is 340 g/mol. The van der Waals surface area contributed by atoms with E-state index in [-0.39, 0.29) is 0 Å². The Morgan fingerprint density at radius 2 is 2.08 bits per heavy atom. The molecule has 0 atom stereocenters. The molecule has 0 aliphatic carbocycles. The highest BCUT2D eigenvalue weighted by Gasteiger charge is 2.06. The predicted octanol–water partition coefficient (Wildman–Crippen LogP) is 4.04. The van der Waals surface area contributed by atoms with Gasteiger partial charge < -0.3 is 4.74 Å². The van der Waals surface area contributed by atoms with E-state index in [9.17, 15) is 0 Å². The zero-order chi connectivity index (χ0) is 16.8. The molecule has 0 saturated carbocycles. The summed E-state index contributed by atoms with van der Waals surface area (Å²) in [4.78, 5) is 0. The predicted molar refractivity (Wildman–Crippen MR) is 97.0 cm³/mol. The average molecular weight is 341 g/mol. The van der Waals surface area contributed by atoms with E-state index < -0.39 is 0 Å². The van der Waals surface area contributed by atoms with Crippen LogP contribution in [0.1, 0.15) is 11.1 Å². The van der Waals surface area contributed by atoms with Crippen molar-refractivity contribution in [1.29, 1.82) is 0 Å². The number of anilines is 1. The largest absolute Gasteiger partial charge is 0.496 e. The van der Waals surface area contributed by atoms with E-state index in [0.717, 1.165) is 22.6 Å². The van der Waals surface area contributed by atoms with Crippen LogP contribution in [0.3, 0.4) is 0 Å². The van der Waals surface area contributed by atoms with Gasteiger partial charge in [-0.1, -0.05) is 29.8 Å². The van der Waals surface area contributed by atoms with Crippen LogP contribution >= 0.6 is 11.6 Å². The molecule has 0 amide bonds. The summed E-state index contributed by atoms with van der Waals surface area (Å²) in [7, 11) is 1.65. The minimum Gasteiger partial charge on any atom is -0.496 e. The summed E-state index contributed by atoms with van der Waals surface area (Å²) in [5.41, 5.74) is 5.90. The second-order valence-corrected chi connectivity index (χ2v) is 5.60. The van der Waals surface area contributed by atoms with Crippen LogP contribution in [0.2, 0.25) is 5.02 Å². The molecule has 0 spiro atoms. The molecule has 0 bridgehead atoms. The normalized spacial score (nSPS) is 10.9. The van der Waals surface area contributed by atoms with Crippen LogP contribution in [-0.4, -0.2) is 23.1 Å². The summed E-state index contributed by atoms with van der Waals surface area (Å²) in [5, 5.41) is 9.07. The molecular weight excluding hydrogens is 324 g/mol. The number of rotatable bonds is 6. The molecule has 122 valence electrons. The second-order valence-electron chi connectivity index (χ2n) is 5.16. The SMILES string of the molecule is COc1ccc(C=NNc2ccccc2)cc1Cn1cc(Cl)cn1. The van der Waals surface area contributed by atoms with Crippen LogP contribution in [-0.2, 0) is 6.54 Å². The molecule has 1 N–H and O–H groups in total. The number of hydrazone groups is 1. The first-order chi connectivity index (χ1) is 11.7. The number of para-hydroxylation sites is 1. The Kier molecular flexibility index (Phi) is 5.13. The van der Waals surface area contributed by atoms with Crippen molar-refractivity contribution < 1.29 is 4.74 Å². The zero-order valence-corrected chi connectivity index (χ0v) is 13.9. The van der Waals surface area contributed by atoms with Gasteiger partial charge in [-0.2, -0.15) is 10.2 Å². The Morgan fingerprint density at radius 3 is 2.79 bits per heavy atom. The average Bonchev–Trinajstić information content (AvgIpc) is 3.01. The molecule has 0 saturated heterocycles. The first-order valence-corrected chi connectivity index (χ1v) is 7.81. The Morgan fingerprint density at radius 1 is 1.25 bits per heavy atom. The van der Waals surface area contributed by atoms with Crippen molar-refractivity contribution >= 4 is 23.5 Å². The second kappa shape index (κ2) is 7.66. The van der Waals surface area contributed by atoms with Gasteiger partial charge in [-0.05, 0) is 35.9 Å². The molecule has 24 heavy (non-hydrogen) atoms. The summed E-state index contributed by atoms with van der Waals surface area (Å²) in [5.74, 6) is 0.801. The summed E-state index contributed by atoms with van der Waals surface area (Å²) in [6.45, 7) is 0.573. The number of aromatic nitrogens is 2. The van der Waals surface area contributed by atoms with Gasteiger partial charge in [0.1, 0.15) is 5.75 Å². The third kappa shape index (κ3) is 4.14. The van der Waals surface area contributed by atoms with Gasteiger partial charge >= 0.3 is 0 Å². The molecule has 3 aromatic rings. The molecule has 5 nitrogen and oxygen atoms in total. The minimum absolute atomic E-state index is 0.573. The fraction of sp³-hybridized carbons (Fsp3) is 0.111. The lowest BCUT2D eigenvalue weighted by Gasteiger charge is -2.09. The van der Waals surface area contributed by atoms with Crippen molar-refractivity contribution in [1.82, 2.24) is 9.78 Å². The number of benzene rings is 2. The van der Waals surface area contributed by atoms with Gasteiger partial charge in [-0.15, -0.1) is 0 Å². The van der Waals surface area contributed by atoms with Crippen molar-refractivity contribution in [2.45, 2.75) is 6.54 Å². The molecule has 2 aromatic carbocycles. The van der Waals surface area contributed by atoms with Crippen molar-refractivity contribution in [3.63, 3.8) is 0 Å². The highest BCUT2D eigenvalue weighted by Crippen LogP contribution is 2.21. The fourth-order valence-electron chi connectivity index (χ4n) is 2.30. The van der Waals surface area contributed by atoms with Crippen LogP contribution in [0, 0.1) is 0 Å². The molecule has 1 heterocycles. The van der Waals surface area contributed by atoms with E-state index in [1.165, 1.54) is 0 Å². The summed E-state index contributed by atoms with van der Waals surface area (Å²) >= 11 is 5.91. The smallest absolute Gasteiger partial charge is 0.123 e. The molecule has 0 fully saturated rings. The van der Waals surface area contributed by atoms with E-state index in [0.29, 0.717) is 11.6 Å². The molecule has 3 rings (SSSR count). The van der Waals surface area contributed by atoms with Crippen LogP contribution in [0.15, 0.2) is 66.0 Å². The van der Waals surface area contributed by atoms with E-state index in [1.807, 2.05) is 48.5 Å². The van der Waals surface area contributed by atoms with Crippen LogP contribution in [0.5, 0.6) is 5.75 Å². The molecule has 0 unspecified atom stereocenters. The van der Waals surface area contributed by atoms with Gasteiger partial charge in [-0.3, -0.25) is 10.1 Å². The van der Waals surface area contributed by atoms with Gasteiger partial charge in [0.05, 0.1) is 36.8 Å². The van der Waals surface area contributed by atoms with Crippen LogP contribution in [0.4, 0.5) is 5.69 Å². The van der Waals surface area contributed by atoms with E-state index in [4.69, 9.17) is 16.3 Å². The van der Waals surface area contributed by atoms with E-state index >= 15 is 0 Å². The molecule has 1 aromatic heterocycles. The van der Waals surface area contributed by atoms with E-state index in [1.54, 1.807) is 30.4 Å². The standard InChI is InChI=1S/C18H17ClN4O/c1-24-18-8-7-14(10-20-22-17-5-3-2-4-6-17)9-15(18)12-23-13-16(19)11-21-23/h2-11,13,22H,12H2,1H3. The third-order valence-corrected chi connectivity index (χ3v) is 3.61. The molecule has 6 heteroatoms. The number of nitrogens with one attached hydrogen (secondary N) is 1. The molecular formula is C18H17ClN4O. The maximum Gasteiger partial charge on any atom is 0.123 e. The van der Waals surface area contributed by atoms with Crippen molar-refractivity contribution in [3.8, 4) is 5.75 Å². The van der Waals surface area contributed by atoms with Crippen molar-refractivity contribution in [2.75, 3.05) is 12.5 Å². The summed E-state index contributed by atoms with van der Waals surface area (Å²) in [6.07, 6.45) is 5.16. The highest BCUT2D eigenvalue weighted by atomic mass is 35.5.